The number of carbonyl (C=O) groups is 1. The molecule has 0 aromatic heterocycles. The van der Waals surface area contributed by atoms with Crippen LogP contribution in [0.1, 0.15) is 36.8 Å². The van der Waals surface area contributed by atoms with E-state index in [0.717, 1.165) is 55.3 Å². The summed E-state index contributed by atoms with van der Waals surface area (Å²) in [6.45, 7) is 0.945. The molecule has 134 valence electrons. The number of hydrogen-bond acceptors (Lipinski definition) is 3. The topological polar surface area (TPSA) is 44.1 Å². The van der Waals surface area contributed by atoms with Crippen LogP contribution >= 0.6 is 0 Å². The molecule has 3 nitrogen and oxygen atoms in total. The normalized spacial score (nSPS) is 11.0. The number of allylic oxidation sites excluding steroid dienone is 2. The van der Waals surface area contributed by atoms with Crippen molar-refractivity contribution in [1.29, 1.82) is 5.26 Å². The highest BCUT2D eigenvalue weighted by atomic mass is 16.1. The number of benzene rings is 2. The third kappa shape index (κ3) is 5.89. The molecule has 2 aromatic carbocycles. The van der Waals surface area contributed by atoms with Gasteiger partial charge in [0.05, 0.1) is 6.07 Å². The van der Waals surface area contributed by atoms with Crippen LogP contribution in [0.5, 0.6) is 0 Å². The fraction of sp³-hybridized carbons (Fsp3) is 0.304. The van der Waals surface area contributed by atoms with Crippen molar-refractivity contribution in [2.45, 2.75) is 32.1 Å². The largest absolute Gasteiger partial charge is 0.374 e. The van der Waals surface area contributed by atoms with Gasteiger partial charge in [0.1, 0.15) is 6.29 Å². The van der Waals surface area contributed by atoms with E-state index in [1.54, 1.807) is 6.08 Å². The van der Waals surface area contributed by atoms with Crippen molar-refractivity contribution in [3.63, 3.8) is 0 Å². The highest BCUT2D eigenvalue weighted by Crippen LogP contribution is 2.30. The molecule has 0 aliphatic rings. The van der Waals surface area contributed by atoms with Crippen LogP contribution in [0, 0.1) is 11.3 Å². The van der Waals surface area contributed by atoms with Crippen molar-refractivity contribution in [2.24, 2.45) is 0 Å². The molecule has 0 heterocycles. The van der Waals surface area contributed by atoms with Gasteiger partial charge in [-0.3, -0.25) is 0 Å². The van der Waals surface area contributed by atoms with Crippen molar-refractivity contribution in [2.75, 3.05) is 18.5 Å². The molecule has 2 rings (SSSR count). The number of nitrogens with zero attached hydrogens (tertiary/aromatic N) is 2. The first-order valence-corrected chi connectivity index (χ1v) is 9.13. The summed E-state index contributed by atoms with van der Waals surface area (Å²) in [7, 11) is 2.10. The predicted molar refractivity (Wildman–Crippen MR) is 108 cm³/mol. The van der Waals surface area contributed by atoms with Gasteiger partial charge in [0, 0.05) is 37.3 Å². The van der Waals surface area contributed by atoms with Crippen molar-refractivity contribution in [3.05, 3.63) is 71.8 Å². The van der Waals surface area contributed by atoms with Crippen LogP contribution in [0.15, 0.2) is 60.7 Å². The van der Waals surface area contributed by atoms with Crippen molar-refractivity contribution in [3.8, 4) is 6.07 Å². The molecule has 3 heteroatoms. The van der Waals surface area contributed by atoms with Gasteiger partial charge in [0.15, 0.2) is 0 Å². The number of hydrogen-bond donors (Lipinski definition) is 0. The number of unbranched alkanes of at least 4 members (excludes halogenated alkanes) is 1. The molecule has 0 aliphatic heterocycles. The molecule has 0 aliphatic carbocycles. The van der Waals surface area contributed by atoms with E-state index in [0.29, 0.717) is 6.42 Å². The van der Waals surface area contributed by atoms with Gasteiger partial charge in [-0.2, -0.15) is 5.26 Å². The maximum Gasteiger partial charge on any atom is 0.120 e. The summed E-state index contributed by atoms with van der Waals surface area (Å²) in [4.78, 5) is 12.9. The smallest absolute Gasteiger partial charge is 0.120 e. The standard InChI is InChI=1S/C23H26N2O/c1-25(18-9-12-20-10-3-2-4-11-20)23-15-6-5-14-22(23)21(16-17-24)13-7-8-19-26/h2-6,10-11,14-16,19H,7-9,12-13,18H2,1H3/b21-16+. The Hall–Kier alpha value is -2.86. The Labute approximate surface area is 156 Å². The summed E-state index contributed by atoms with van der Waals surface area (Å²) in [5.74, 6) is 0. The first-order valence-electron chi connectivity index (χ1n) is 9.13. The van der Waals surface area contributed by atoms with Gasteiger partial charge >= 0.3 is 0 Å². The molecule has 0 fully saturated rings. The zero-order valence-electron chi connectivity index (χ0n) is 15.4. The third-order valence-corrected chi connectivity index (χ3v) is 4.47. The Morgan fingerprint density at radius 2 is 1.81 bits per heavy atom. The summed E-state index contributed by atoms with van der Waals surface area (Å²) in [6.07, 6.45) is 6.69. The van der Waals surface area contributed by atoms with E-state index in [-0.39, 0.29) is 0 Å². The molecule has 0 saturated carbocycles. The van der Waals surface area contributed by atoms with E-state index in [1.807, 2.05) is 18.2 Å². The molecule has 0 amide bonds. The van der Waals surface area contributed by atoms with Crippen LogP contribution in [0.4, 0.5) is 5.69 Å². The summed E-state index contributed by atoms with van der Waals surface area (Å²) < 4.78 is 0. The highest BCUT2D eigenvalue weighted by Gasteiger charge is 2.11. The maximum atomic E-state index is 10.6. The SMILES string of the molecule is CN(CCCc1ccccc1)c1ccccc1/C(=C/C#N)CCCC=O. The number of anilines is 1. The van der Waals surface area contributed by atoms with E-state index in [1.165, 1.54) is 5.56 Å². The maximum absolute atomic E-state index is 10.6. The van der Waals surface area contributed by atoms with Crippen LogP contribution in [0.25, 0.3) is 5.57 Å². The van der Waals surface area contributed by atoms with Gasteiger partial charge in [-0.1, -0.05) is 48.5 Å². The van der Waals surface area contributed by atoms with Crippen LogP contribution in [0.2, 0.25) is 0 Å². The summed E-state index contributed by atoms with van der Waals surface area (Å²) >= 11 is 0. The van der Waals surface area contributed by atoms with Gasteiger partial charge in [-0.15, -0.1) is 0 Å². The van der Waals surface area contributed by atoms with Crippen molar-refractivity contribution >= 4 is 17.5 Å². The average Bonchev–Trinajstić information content (AvgIpc) is 2.68. The Bertz CT molecular complexity index is 759. The lowest BCUT2D eigenvalue weighted by atomic mass is 9.97. The van der Waals surface area contributed by atoms with E-state index >= 15 is 0 Å². The number of para-hydroxylation sites is 1. The molecule has 0 N–H and O–H groups in total. The van der Waals surface area contributed by atoms with Gasteiger partial charge in [0.25, 0.3) is 0 Å². The van der Waals surface area contributed by atoms with Gasteiger partial charge in [0.2, 0.25) is 0 Å². The monoisotopic (exact) mass is 346 g/mol. The average molecular weight is 346 g/mol. The molecule has 0 radical (unpaired) electrons. The summed E-state index contributed by atoms with van der Waals surface area (Å²) in [6, 6.07) is 20.9. The first-order chi connectivity index (χ1) is 12.8. The molecular weight excluding hydrogens is 320 g/mol. The van der Waals surface area contributed by atoms with Crippen LogP contribution in [0.3, 0.4) is 0 Å². The lowest BCUT2D eigenvalue weighted by Gasteiger charge is -2.23. The second kappa shape index (κ2) is 10.9. The molecule has 0 saturated heterocycles. The van der Waals surface area contributed by atoms with E-state index in [2.05, 4.69) is 54.4 Å². The van der Waals surface area contributed by atoms with Crippen LogP contribution in [-0.4, -0.2) is 19.9 Å². The predicted octanol–water partition coefficient (Wildman–Crippen LogP) is 5.03. The van der Waals surface area contributed by atoms with E-state index in [9.17, 15) is 4.79 Å². The fourth-order valence-corrected chi connectivity index (χ4v) is 3.10. The number of aldehydes is 1. The first kappa shape index (κ1) is 19.5. The third-order valence-electron chi connectivity index (χ3n) is 4.47. The number of carbonyl (C=O) groups excluding carboxylic acids is 1. The zero-order chi connectivity index (χ0) is 18.6. The van der Waals surface area contributed by atoms with Crippen molar-refractivity contribution in [1.82, 2.24) is 0 Å². The summed E-state index contributed by atoms with van der Waals surface area (Å²) in [5, 5.41) is 9.14. The minimum Gasteiger partial charge on any atom is -0.374 e. The lowest BCUT2D eigenvalue weighted by Crippen LogP contribution is -2.20. The van der Waals surface area contributed by atoms with E-state index in [4.69, 9.17) is 5.26 Å². The number of aryl methyl sites for hydroxylation is 1. The van der Waals surface area contributed by atoms with Gasteiger partial charge < -0.3 is 9.69 Å². The van der Waals surface area contributed by atoms with Crippen molar-refractivity contribution < 1.29 is 4.79 Å². The van der Waals surface area contributed by atoms with Crippen LogP contribution < -0.4 is 4.90 Å². The molecule has 0 unspecified atom stereocenters. The molecule has 2 aromatic rings. The van der Waals surface area contributed by atoms with Gasteiger partial charge in [-0.25, -0.2) is 0 Å². The minimum absolute atomic E-state index is 0.526. The number of rotatable bonds is 10. The molecular formula is C23H26N2O. The molecule has 0 bridgehead atoms. The van der Waals surface area contributed by atoms with Crippen LogP contribution in [-0.2, 0) is 11.2 Å². The molecule has 0 atom stereocenters. The number of nitriles is 1. The fourth-order valence-electron chi connectivity index (χ4n) is 3.10. The second-order valence-electron chi connectivity index (χ2n) is 6.39. The Balaban J connectivity index is 2.07. The quantitative estimate of drug-likeness (QED) is 0.344. The Morgan fingerprint density at radius 3 is 2.54 bits per heavy atom. The zero-order valence-corrected chi connectivity index (χ0v) is 15.4. The Kier molecular flexibility index (Phi) is 8.15. The van der Waals surface area contributed by atoms with E-state index < -0.39 is 0 Å². The summed E-state index contributed by atoms with van der Waals surface area (Å²) in [5.41, 5.74) is 4.57. The molecule has 26 heavy (non-hydrogen) atoms. The Morgan fingerprint density at radius 1 is 1.08 bits per heavy atom. The lowest BCUT2D eigenvalue weighted by molar-refractivity contribution is -0.107. The minimum atomic E-state index is 0.526. The second-order valence-corrected chi connectivity index (χ2v) is 6.39. The van der Waals surface area contributed by atoms with Gasteiger partial charge in [-0.05, 0) is 42.9 Å². The highest BCUT2D eigenvalue weighted by molar-refractivity contribution is 5.78. The molecule has 0 spiro atoms.